The molecule has 208 valence electrons. The van der Waals surface area contributed by atoms with Crippen molar-refractivity contribution in [3.63, 3.8) is 0 Å². The molecule has 2 rings (SSSR count). The van der Waals surface area contributed by atoms with Crippen LogP contribution in [0, 0.1) is 43.4 Å². The zero-order valence-corrected chi connectivity index (χ0v) is 23.9. The molecule has 0 radical (unpaired) electrons. The van der Waals surface area contributed by atoms with Gasteiger partial charge in [0.2, 0.25) is 0 Å². The van der Waals surface area contributed by atoms with Gasteiger partial charge in [0.15, 0.2) is 5.43 Å². The van der Waals surface area contributed by atoms with Crippen molar-refractivity contribution in [3.8, 4) is 0 Å². The first-order valence-electron chi connectivity index (χ1n) is 13.4. The van der Waals surface area contributed by atoms with E-state index in [0.717, 1.165) is 0 Å². The molecule has 0 unspecified atom stereocenters. The van der Waals surface area contributed by atoms with E-state index in [1.54, 1.807) is 48.5 Å². The van der Waals surface area contributed by atoms with E-state index in [1.807, 2.05) is 6.92 Å². The Kier molecular flexibility index (Phi) is 9.69. The van der Waals surface area contributed by atoms with E-state index >= 15 is 0 Å². The second kappa shape index (κ2) is 11.6. The van der Waals surface area contributed by atoms with Gasteiger partial charge in [-0.25, -0.2) is 0 Å². The number of ether oxygens (including phenoxy) is 1. The summed E-state index contributed by atoms with van der Waals surface area (Å²) in [4.78, 5) is 51.8. The van der Waals surface area contributed by atoms with E-state index in [-0.39, 0.29) is 22.8 Å². The van der Waals surface area contributed by atoms with Crippen LogP contribution in [0.3, 0.4) is 0 Å². The number of Topliss-reactive ketones (excluding diaryl/α,β-unsaturated/α-hetero) is 2. The van der Waals surface area contributed by atoms with E-state index in [1.165, 1.54) is 13.8 Å². The topological polar surface area (TPSA) is 131 Å². The second-order valence-electron chi connectivity index (χ2n) is 11.0. The average molecular weight is 521 g/mol. The van der Waals surface area contributed by atoms with Gasteiger partial charge in [0.25, 0.3) is 0 Å². The Balaban J connectivity index is 2.22. The van der Waals surface area contributed by atoms with Crippen molar-refractivity contribution in [1.29, 1.82) is 0 Å². The van der Waals surface area contributed by atoms with Gasteiger partial charge >= 0.3 is 5.97 Å². The Morgan fingerprint density at radius 2 is 1.59 bits per heavy atom. The van der Waals surface area contributed by atoms with E-state index in [4.69, 9.17) is 9.15 Å². The predicted octanol–water partition coefficient (Wildman–Crippen LogP) is 3.67. The first-order valence-corrected chi connectivity index (χ1v) is 13.4. The standard InChI is InChI=1S/C29H44O8/c1-11-21-13(3)22(30)15(5)26(36-21)16(6)23(31)14(4)24(32)18(8)28(34)37-27-17(7)25(33)19(9)29(35,12-2)20(27)10/h14,16-20,24,27,32,35H,11-12H2,1-10H3/t14-,16-,17+,18-,19+,20-,24-,27+,29+/m0/s1. The van der Waals surface area contributed by atoms with Crippen molar-refractivity contribution in [3.05, 3.63) is 32.9 Å². The van der Waals surface area contributed by atoms with Gasteiger partial charge < -0.3 is 19.4 Å². The summed E-state index contributed by atoms with van der Waals surface area (Å²) in [5.41, 5.74) is -0.605. The highest BCUT2D eigenvalue weighted by Crippen LogP contribution is 2.43. The van der Waals surface area contributed by atoms with E-state index in [0.29, 0.717) is 29.7 Å². The number of esters is 1. The summed E-state index contributed by atoms with van der Waals surface area (Å²) in [7, 11) is 0. The van der Waals surface area contributed by atoms with Gasteiger partial charge in [-0.05, 0) is 34.1 Å². The SMILES string of the molecule is CCc1oc([C@@H](C)C(=O)[C@H](C)[C@H](O)[C@H](C)C(=O)O[C@@H]2[C@H](C)C(=O)[C@@H](C)[C@](O)(CC)[C@H]2C)c(C)c(=O)c1C. The van der Waals surface area contributed by atoms with Crippen molar-refractivity contribution in [2.45, 2.75) is 106 Å². The molecule has 9 atom stereocenters. The second-order valence-corrected chi connectivity index (χ2v) is 11.0. The number of aliphatic hydroxyl groups is 2. The Morgan fingerprint density at radius 1 is 1.03 bits per heavy atom. The molecule has 1 fully saturated rings. The maximum Gasteiger partial charge on any atom is 0.311 e. The molecule has 0 saturated heterocycles. The summed E-state index contributed by atoms with van der Waals surface area (Å²) < 4.78 is 11.6. The van der Waals surface area contributed by atoms with Gasteiger partial charge in [0.05, 0.1) is 29.5 Å². The van der Waals surface area contributed by atoms with E-state index < -0.39 is 59.3 Å². The molecule has 2 N–H and O–H groups in total. The molecule has 8 heteroatoms. The molecule has 1 aliphatic rings. The van der Waals surface area contributed by atoms with Crippen molar-refractivity contribution < 1.29 is 33.8 Å². The lowest BCUT2D eigenvalue weighted by Crippen LogP contribution is -2.60. The molecule has 1 heterocycles. The zero-order valence-electron chi connectivity index (χ0n) is 23.9. The van der Waals surface area contributed by atoms with Crippen LogP contribution in [-0.4, -0.2) is 45.6 Å². The van der Waals surface area contributed by atoms with Crippen molar-refractivity contribution in [1.82, 2.24) is 0 Å². The average Bonchev–Trinajstić information content (AvgIpc) is 2.89. The van der Waals surface area contributed by atoms with Crippen LogP contribution in [0.15, 0.2) is 9.21 Å². The smallest absolute Gasteiger partial charge is 0.311 e. The largest absolute Gasteiger partial charge is 0.465 e. The molecular formula is C29H44O8. The van der Waals surface area contributed by atoms with Crippen molar-refractivity contribution in [2.24, 2.45) is 29.6 Å². The van der Waals surface area contributed by atoms with Crippen molar-refractivity contribution >= 4 is 17.5 Å². The van der Waals surface area contributed by atoms with Crippen LogP contribution in [-0.2, 0) is 25.5 Å². The zero-order chi connectivity index (χ0) is 28.6. The maximum atomic E-state index is 13.3. The summed E-state index contributed by atoms with van der Waals surface area (Å²) in [5, 5.41) is 22.1. The van der Waals surface area contributed by atoms with Crippen LogP contribution in [0.1, 0.15) is 90.4 Å². The molecule has 37 heavy (non-hydrogen) atoms. The van der Waals surface area contributed by atoms with Gasteiger partial charge in [0.1, 0.15) is 29.2 Å². The Morgan fingerprint density at radius 3 is 2.11 bits per heavy atom. The fourth-order valence-corrected chi connectivity index (χ4v) is 5.81. The number of rotatable bonds is 9. The molecule has 8 nitrogen and oxygen atoms in total. The van der Waals surface area contributed by atoms with Crippen LogP contribution in [0.25, 0.3) is 0 Å². The number of aryl methyl sites for hydroxylation is 1. The third-order valence-electron chi connectivity index (χ3n) is 8.91. The van der Waals surface area contributed by atoms with Gasteiger partial charge in [0, 0.05) is 35.3 Å². The molecular weight excluding hydrogens is 476 g/mol. The highest BCUT2D eigenvalue weighted by atomic mass is 16.5. The minimum absolute atomic E-state index is 0.172. The van der Waals surface area contributed by atoms with Gasteiger partial charge in [-0.2, -0.15) is 0 Å². The Labute approximate surface area is 219 Å². The summed E-state index contributed by atoms with van der Waals surface area (Å²) in [6, 6.07) is 0. The molecule has 1 aromatic rings. The van der Waals surface area contributed by atoms with Crippen LogP contribution in [0.5, 0.6) is 0 Å². The molecule has 0 aromatic carbocycles. The monoisotopic (exact) mass is 520 g/mol. The Hall–Kier alpha value is -2.32. The minimum Gasteiger partial charge on any atom is -0.465 e. The quantitative estimate of drug-likeness (QED) is 0.472. The third-order valence-corrected chi connectivity index (χ3v) is 8.91. The number of aliphatic hydroxyl groups excluding tert-OH is 1. The van der Waals surface area contributed by atoms with Gasteiger partial charge in [-0.1, -0.05) is 41.5 Å². The molecule has 0 aliphatic heterocycles. The molecule has 1 aliphatic carbocycles. The summed E-state index contributed by atoms with van der Waals surface area (Å²) in [6.45, 7) is 16.7. The van der Waals surface area contributed by atoms with Crippen LogP contribution >= 0.6 is 0 Å². The Bertz CT molecular complexity index is 1090. The van der Waals surface area contributed by atoms with Crippen molar-refractivity contribution in [2.75, 3.05) is 0 Å². The number of hydrogen-bond donors (Lipinski definition) is 2. The highest BCUT2D eigenvalue weighted by molar-refractivity contribution is 5.88. The minimum atomic E-state index is -1.36. The van der Waals surface area contributed by atoms with E-state index in [2.05, 4.69) is 0 Å². The number of hydrogen-bond acceptors (Lipinski definition) is 8. The lowest BCUT2D eigenvalue weighted by molar-refractivity contribution is -0.190. The van der Waals surface area contributed by atoms with Crippen LogP contribution in [0.2, 0.25) is 0 Å². The highest BCUT2D eigenvalue weighted by Gasteiger charge is 2.54. The summed E-state index contributed by atoms with van der Waals surface area (Å²) in [6.07, 6.45) is -1.38. The summed E-state index contributed by atoms with van der Waals surface area (Å²) in [5.74, 6) is -5.00. The normalized spacial score (nSPS) is 29.4. The first kappa shape index (κ1) is 30.9. The molecule has 0 spiro atoms. The molecule has 1 saturated carbocycles. The predicted molar refractivity (Wildman–Crippen MR) is 139 cm³/mol. The fraction of sp³-hybridized carbons (Fsp3) is 0.724. The van der Waals surface area contributed by atoms with E-state index in [9.17, 15) is 29.4 Å². The number of ketones is 2. The lowest BCUT2D eigenvalue weighted by Gasteiger charge is -2.48. The number of carbonyl (C=O) groups excluding carboxylic acids is 3. The maximum absolute atomic E-state index is 13.3. The van der Waals surface area contributed by atoms with Crippen LogP contribution in [0.4, 0.5) is 0 Å². The van der Waals surface area contributed by atoms with Gasteiger partial charge in [-0.15, -0.1) is 0 Å². The first-order chi connectivity index (χ1) is 17.1. The third kappa shape index (κ3) is 5.46. The fourth-order valence-electron chi connectivity index (χ4n) is 5.81. The van der Waals surface area contributed by atoms with Gasteiger partial charge in [-0.3, -0.25) is 19.2 Å². The lowest BCUT2D eigenvalue weighted by atomic mass is 9.63. The molecule has 0 amide bonds. The summed E-state index contributed by atoms with van der Waals surface area (Å²) >= 11 is 0. The number of carbonyl (C=O) groups is 3. The molecule has 0 bridgehead atoms. The van der Waals surface area contributed by atoms with Crippen LogP contribution < -0.4 is 5.43 Å². The molecule has 1 aromatic heterocycles.